The molecule has 7 nitrogen and oxygen atoms in total. The number of hydrogen-bond donors (Lipinski definition) is 1. The van der Waals surface area contributed by atoms with Gasteiger partial charge in [0.05, 0.1) is 27.0 Å². The second-order valence-electron chi connectivity index (χ2n) is 12.1. The minimum atomic E-state index is -1.15. The van der Waals surface area contributed by atoms with Gasteiger partial charge in [-0.3, -0.25) is 4.68 Å². The lowest BCUT2D eigenvalue weighted by molar-refractivity contribution is -0.160. The highest BCUT2D eigenvalue weighted by molar-refractivity contribution is 7.22. The first-order valence-electron chi connectivity index (χ1n) is 14.2. The maximum Gasteiger partial charge on any atom is 0.337 e. The van der Waals surface area contributed by atoms with Crippen LogP contribution in [0, 0.1) is 6.92 Å². The second-order valence-corrected chi connectivity index (χ2v) is 13.5. The minimum Gasteiger partial charge on any atom is -0.479 e. The number of aromatic nitrogens is 3. The third kappa shape index (κ3) is 5.22. The van der Waals surface area contributed by atoms with E-state index in [4.69, 9.17) is 26.4 Å². The molecule has 2 aromatic heterocycles. The predicted octanol–water partition coefficient (Wildman–Crippen LogP) is 7.84. The van der Waals surface area contributed by atoms with Crippen LogP contribution in [0.3, 0.4) is 0 Å². The van der Waals surface area contributed by atoms with E-state index in [9.17, 15) is 9.90 Å². The number of halogens is 1. The largest absolute Gasteiger partial charge is 0.479 e. The van der Waals surface area contributed by atoms with Gasteiger partial charge >= 0.3 is 5.97 Å². The van der Waals surface area contributed by atoms with Crippen LogP contribution in [0.25, 0.3) is 42.8 Å². The molecule has 0 amide bonds. The van der Waals surface area contributed by atoms with Gasteiger partial charge in [0.15, 0.2) is 6.10 Å². The van der Waals surface area contributed by atoms with Gasteiger partial charge in [0, 0.05) is 53.2 Å². The first-order valence-corrected chi connectivity index (χ1v) is 15.4. The summed E-state index contributed by atoms with van der Waals surface area (Å²) in [6.45, 7) is 12.9. The smallest absolute Gasteiger partial charge is 0.337 e. The van der Waals surface area contributed by atoms with Gasteiger partial charge < -0.3 is 14.7 Å². The van der Waals surface area contributed by atoms with Crippen LogP contribution in [0.2, 0.25) is 5.02 Å². The van der Waals surface area contributed by atoms with Crippen molar-refractivity contribution in [3.63, 3.8) is 0 Å². The Hall–Kier alpha value is -3.30. The minimum absolute atomic E-state index is 0.428. The molecule has 9 heteroatoms. The Morgan fingerprint density at radius 3 is 2.48 bits per heavy atom. The SMILES string of the molecule is CCN1CC(c2nn(C)c3ccc(-c4nc5cc(C)c(C(OC(C)(C)C)C(=O)O)c(-c6ccc(Cl)cc6)c5s4)cc23)C1. The van der Waals surface area contributed by atoms with Crippen molar-refractivity contribution in [2.75, 3.05) is 19.6 Å². The van der Waals surface area contributed by atoms with E-state index in [0.717, 1.165) is 73.7 Å². The Kier molecular flexibility index (Phi) is 7.38. The molecule has 0 spiro atoms. The molecule has 1 fully saturated rings. The molecule has 0 saturated carbocycles. The Morgan fingerprint density at radius 2 is 1.83 bits per heavy atom. The lowest BCUT2D eigenvalue weighted by atomic mass is 9.91. The number of rotatable bonds is 7. The van der Waals surface area contributed by atoms with Gasteiger partial charge in [-0.1, -0.05) is 30.7 Å². The second kappa shape index (κ2) is 10.8. The zero-order valence-electron chi connectivity index (χ0n) is 24.7. The lowest BCUT2D eigenvalue weighted by Crippen LogP contribution is -2.44. The highest BCUT2D eigenvalue weighted by Gasteiger charge is 2.33. The summed E-state index contributed by atoms with van der Waals surface area (Å²) in [5.74, 6) is -0.601. The molecule has 1 unspecified atom stereocenters. The third-order valence-electron chi connectivity index (χ3n) is 7.94. The van der Waals surface area contributed by atoms with Crippen molar-refractivity contribution in [2.45, 2.75) is 52.2 Å². The number of thiazole rings is 1. The van der Waals surface area contributed by atoms with E-state index in [1.807, 2.05) is 69.8 Å². The van der Waals surface area contributed by atoms with Gasteiger partial charge in [0.2, 0.25) is 0 Å². The molecule has 1 saturated heterocycles. The molecule has 42 heavy (non-hydrogen) atoms. The topological polar surface area (TPSA) is 80.5 Å². The molecule has 0 aliphatic carbocycles. The van der Waals surface area contributed by atoms with Gasteiger partial charge in [0.25, 0.3) is 0 Å². The fourth-order valence-electron chi connectivity index (χ4n) is 5.89. The Balaban J connectivity index is 1.54. The van der Waals surface area contributed by atoms with Crippen LogP contribution in [-0.4, -0.2) is 56.0 Å². The number of carbonyl (C=O) groups is 1. The highest BCUT2D eigenvalue weighted by Crippen LogP contribution is 2.45. The number of hydrogen-bond acceptors (Lipinski definition) is 6. The summed E-state index contributed by atoms with van der Waals surface area (Å²) in [6, 6.07) is 15.9. The number of likely N-dealkylation sites (N-methyl/N-ethyl adjacent to an activating group) is 1. The molecule has 1 aliphatic rings. The maximum atomic E-state index is 12.6. The average Bonchev–Trinajstić information content (AvgIpc) is 3.47. The van der Waals surface area contributed by atoms with Crippen LogP contribution < -0.4 is 0 Å². The summed E-state index contributed by atoms with van der Waals surface area (Å²) in [5, 5.41) is 17.9. The summed E-state index contributed by atoms with van der Waals surface area (Å²) in [4.78, 5) is 20.2. The zero-order chi connectivity index (χ0) is 29.9. The van der Waals surface area contributed by atoms with Crippen molar-refractivity contribution in [3.05, 3.63) is 70.4 Å². The number of carboxylic acids is 1. The molecule has 0 radical (unpaired) electrons. The van der Waals surface area contributed by atoms with E-state index in [-0.39, 0.29) is 0 Å². The molecule has 6 rings (SSSR count). The van der Waals surface area contributed by atoms with Crippen LogP contribution in [0.4, 0.5) is 0 Å². The first kappa shape index (κ1) is 28.8. The van der Waals surface area contributed by atoms with Gasteiger partial charge in [-0.05, 0) is 81.8 Å². The number of aryl methyl sites for hydroxylation is 2. The molecule has 1 N–H and O–H groups in total. The maximum absolute atomic E-state index is 12.6. The van der Waals surface area contributed by atoms with Crippen molar-refractivity contribution in [3.8, 4) is 21.7 Å². The van der Waals surface area contributed by atoms with Gasteiger partial charge in [0.1, 0.15) is 5.01 Å². The van der Waals surface area contributed by atoms with Crippen LogP contribution in [-0.2, 0) is 16.6 Å². The Bertz CT molecular complexity index is 1810. The summed E-state index contributed by atoms with van der Waals surface area (Å²) < 4.78 is 9.04. The fourth-order valence-corrected chi connectivity index (χ4v) is 7.14. The molecule has 3 aromatic carbocycles. The van der Waals surface area contributed by atoms with Crippen LogP contribution >= 0.6 is 22.9 Å². The molecule has 1 aliphatic heterocycles. The van der Waals surface area contributed by atoms with Gasteiger partial charge in [-0.15, -0.1) is 11.3 Å². The average molecular weight is 603 g/mol. The molecule has 1 atom stereocenters. The van der Waals surface area contributed by atoms with Gasteiger partial charge in [-0.2, -0.15) is 5.10 Å². The molecule has 0 bridgehead atoms. The fraction of sp³-hybridized carbons (Fsp3) is 0.364. The number of nitrogens with zero attached hydrogens (tertiary/aromatic N) is 4. The molecule has 3 heterocycles. The standard InChI is InChI=1S/C33H35ClN4O3S/c1-7-38-16-21(17-38)28-23-15-20(10-13-25(23)37(6)36-28)31-35-24-14-18(2)26(29(32(39)40)41-33(3,4)5)27(30(24)42-31)19-8-11-22(34)12-9-19/h8-15,21,29H,7,16-17H2,1-6H3,(H,39,40). The molecule has 5 aromatic rings. The molecular weight excluding hydrogens is 568 g/mol. The summed E-state index contributed by atoms with van der Waals surface area (Å²) in [5.41, 5.74) is 6.58. The zero-order valence-corrected chi connectivity index (χ0v) is 26.3. The van der Waals surface area contributed by atoms with Crippen LogP contribution in [0.5, 0.6) is 0 Å². The van der Waals surface area contributed by atoms with E-state index in [2.05, 4.69) is 30.0 Å². The monoisotopic (exact) mass is 602 g/mol. The predicted molar refractivity (Wildman–Crippen MR) is 171 cm³/mol. The van der Waals surface area contributed by atoms with E-state index >= 15 is 0 Å². The van der Waals surface area contributed by atoms with Crippen LogP contribution in [0.15, 0.2) is 48.5 Å². The van der Waals surface area contributed by atoms with E-state index in [1.54, 1.807) is 11.3 Å². The summed E-state index contributed by atoms with van der Waals surface area (Å²) >= 11 is 7.82. The number of fused-ring (bicyclic) bond motifs is 2. The van der Waals surface area contributed by atoms with Crippen molar-refractivity contribution < 1.29 is 14.6 Å². The highest BCUT2D eigenvalue weighted by atomic mass is 35.5. The number of carboxylic acid groups (broad SMARTS) is 1. The van der Waals surface area contributed by atoms with Crippen molar-refractivity contribution in [2.24, 2.45) is 7.05 Å². The number of aliphatic carboxylic acids is 1. The van der Waals surface area contributed by atoms with Gasteiger partial charge in [-0.25, -0.2) is 9.78 Å². The number of likely N-dealkylation sites (tertiary alicyclic amines) is 1. The van der Waals surface area contributed by atoms with E-state index in [0.29, 0.717) is 16.5 Å². The van der Waals surface area contributed by atoms with E-state index in [1.165, 1.54) is 0 Å². The Labute approximate surface area is 254 Å². The van der Waals surface area contributed by atoms with Crippen molar-refractivity contribution in [1.29, 1.82) is 0 Å². The normalized spacial score (nSPS) is 15.4. The summed E-state index contributed by atoms with van der Waals surface area (Å²) in [7, 11) is 2.00. The molecule has 218 valence electrons. The first-order chi connectivity index (χ1) is 19.9. The van der Waals surface area contributed by atoms with Crippen molar-refractivity contribution in [1.82, 2.24) is 19.7 Å². The number of benzene rings is 3. The lowest BCUT2D eigenvalue weighted by Gasteiger charge is -2.37. The molecular formula is C33H35ClN4O3S. The quantitative estimate of drug-likeness (QED) is 0.204. The number of ether oxygens (including phenoxy) is 1. The van der Waals surface area contributed by atoms with Crippen LogP contribution in [0.1, 0.15) is 56.5 Å². The third-order valence-corrected chi connectivity index (χ3v) is 9.33. The van der Waals surface area contributed by atoms with Crippen molar-refractivity contribution >= 4 is 50.0 Å². The summed E-state index contributed by atoms with van der Waals surface area (Å²) in [6.07, 6.45) is -1.15. The van der Waals surface area contributed by atoms with E-state index < -0.39 is 17.7 Å². The Morgan fingerprint density at radius 1 is 1.14 bits per heavy atom.